The smallest absolute Gasteiger partial charge is 0.300 e. The van der Waals surface area contributed by atoms with Crippen LogP contribution in [0.3, 0.4) is 0 Å². The molecule has 2 rings (SSSR count). The number of carbonyl (C=O) groups excluding carboxylic acids is 1. The molecule has 11 nitrogen and oxygen atoms in total. The van der Waals surface area contributed by atoms with E-state index >= 15 is 0 Å². The second kappa shape index (κ2) is 8.29. The molecule has 1 aliphatic heterocycles. The lowest BCUT2D eigenvalue weighted by atomic mass is 9.98. The van der Waals surface area contributed by atoms with E-state index in [1.54, 1.807) is 0 Å². The molecule has 1 aliphatic rings. The summed E-state index contributed by atoms with van der Waals surface area (Å²) in [5.74, 6) is -1.50. The summed E-state index contributed by atoms with van der Waals surface area (Å²) in [6, 6.07) is -0.131. The molecule has 0 bridgehead atoms. The number of aliphatic hydroxyl groups is 4. The Morgan fingerprint density at radius 2 is 2.00 bits per heavy atom. The molecule has 5 unspecified atom stereocenters. The number of alkyl halides is 1. The van der Waals surface area contributed by atoms with Crippen molar-refractivity contribution in [3.8, 4) is 6.01 Å². The minimum atomic E-state index is -1.64. The van der Waals surface area contributed by atoms with Crippen molar-refractivity contribution in [2.75, 3.05) is 24.9 Å². The molecular formula is C14H20ClN3O8. The van der Waals surface area contributed by atoms with Crippen molar-refractivity contribution in [3.63, 3.8) is 0 Å². The van der Waals surface area contributed by atoms with Crippen molar-refractivity contribution in [1.82, 2.24) is 9.55 Å². The average Bonchev–Trinajstić information content (AvgIpc) is 2.64. The molecule has 0 radical (unpaired) electrons. The lowest BCUT2D eigenvalue weighted by molar-refractivity contribution is -0.221. The fourth-order valence-electron chi connectivity index (χ4n) is 2.54. The second-order valence-electron chi connectivity index (χ2n) is 5.64. The number of anilines is 1. The highest BCUT2D eigenvalue weighted by Gasteiger charge is 2.44. The number of methoxy groups -OCH3 is 1. The summed E-state index contributed by atoms with van der Waals surface area (Å²) in [6.07, 6.45) is -7.38. The Morgan fingerprint density at radius 3 is 2.54 bits per heavy atom. The van der Waals surface area contributed by atoms with Gasteiger partial charge in [0.05, 0.1) is 19.6 Å². The quantitative estimate of drug-likeness (QED) is 0.256. The Morgan fingerprint density at radius 1 is 1.35 bits per heavy atom. The maximum Gasteiger partial charge on any atom is 0.300 e. The molecule has 1 aromatic rings. The number of Topliss-reactive ketones (excluding diaryl/α,β-unsaturated/α-hetero) is 1. The van der Waals surface area contributed by atoms with Crippen molar-refractivity contribution in [3.05, 3.63) is 15.9 Å². The molecule has 12 heteroatoms. The predicted octanol–water partition coefficient (Wildman–Crippen LogP) is -2.58. The van der Waals surface area contributed by atoms with Crippen LogP contribution in [0.5, 0.6) is 6.01 Å². The Hall–Kier alpha value is -1.76. The zero-order chi connectivity index (χ0) is 19.6. The van der Waals surface area contributed by atoms with Crippen LogP contribution in [-0.2, 0) is 11.8 Å². The largest absolute Gasteiger partial charge is 0.468 e. The minimum Gasteiger partial charge on any atom is -0.468 e. The summed E-state index contributed by atoms with van der Waals surface area (Å²) in [7, 11) is 2.61. The topological polar surface area (TPSA) is 163 Å². The van der Waals surface area contributed by atoms with Gasteiger partial charge in [0.1, 0.15) is 35.8 Å². The van der Waals surface area contributed by atoms with E-state index in [1.165, 1.54) is 14.2 Å². The van der Waals surface area contributed by atoms with E-state index in [2.05, 4.69) is 10.3 Å². The van der Waals surface area contributed by atoms with E-state index in [1.807, 2.05) is 0 Å². The normalized spacial score (nSPS) is 28.7. The fraction of sp³-hybridized carbons (Fsp3) is 0.643. The number of ketones is 1. The van der Waals surface area contributed by atoms with Crippen LogP contribution in [0.1, 0.15) is 10.4 Å². The lowest BCUT2D eigenvalue weighted by Gasteiger charge is -2.40. The van der Waals surface area contributed by atoms with Crippen LogP contribution in [0.4, 0.5) is 5.82 Å². The average molecular weight is 394 g/mol. The molecule has 0 aliphatic carbocycles. The number of rotatable bonds is 6. The molecule has 0 saturated carbocycles. The third-order valence-electron chi connectivity index (χ3n) is 4.00. The Kier molecular flexibility index (Phi) is 6.55. The van der Waals surface area contributed by atoms with Crippen molar-refractivity contribution in [2.45, 2.75) is 30.6 Å². The zero-order valence-corrected chi connectivity index (χ0v) is 14.8. The maximum atomic E-state index is 12.4. The predicted molar refractivity (Wildman–Crippen MR) is 88.5 cm³/mol. The Labute approximate surface area is 152 Å². The van der Waals surface area contributed by atoms with E-state index in [0.717, 1.165) is 4.57 Å². The van der Waals surface area contributed by atoms with Gasteiger partial charge in [-0.25, -0.2) is 0 Å². The summed E-state index contributed by atoms with van der Waals surface area (Å²) in [5.41, 5.74) is -1.13. The van der Waals surface area contributed by atoms with Gasteiger partial charge < -0.3 is 35.2 Å². The molecule has 5 atom stereocenters. The molecular weight excluding hydrogens is 374 g/mol. The first kappa shape index (κ1) is 20.6. The van der Waals surface area contributed by atoms with E-state index in [-0.39, 0.29) is 17.4 Å². The number of hydrogen-bond acceptors (Lipinski definition) is 10. The number of ether oxygens (including phenoxy) is 2. The molecule has 0 amide bonds. The molecule has 1 saturated heterocycles. The summed E-state index contributed by atoms with van der Waals surface area (Å²) in [5, 5.41) is 41.5. The van der Waals surface area contributed by atoms with Gasteiger partial charge in [0.25, 0.3) is 5.56 Å². The van der Waals surface area contributed by atoms with Gasteiger partial charge in [-0.15, -0.1) is 11.6 Å². The number of carbonyl (C=O) groups is 1. The third-order valence-corrected chi connectivity index (χ3v) is 4.25. The highest BCUT2D eigenvalue weighted by atomic mass is 35.5. The maximum absolute atomic E-state index is 12.4. The number of halogens is 1. The van der Waals surface area contributed by atoms with Crippen molar-refractivity contribution < 1.29 is 34.7 Å². The van der Waals surface area contributed by atoms with E-state index in [0.29, 0.717) is 0 Å². The molecule has 0 aromatic carbocycles. The Bertz CT molecular complexity index is 725. The van der Waals surface area contributed by atoms with Crippen LogP contribution in [0.15, 0.2) is 4.79 Å². The van der Waals surface area contributed by atoms with Gasteiger partial charge in [0.2, 0.25) is 0 Å². The SMILES string of the molecule is COc1nc(NC2OC(CO)C(O)C(O)C2O)c(C(=O)CCl)c(=O)n1C. The summed E-state index contributed by atoms with van der Waals surface area (Å²) in [4.78, 5) is 28.5. The van der Waals surface area contributed by atoms with Gasteiger partial charge in [0, 0.05) is 7.05 Å². The van der Waals surface area contributed by atoms with Crippen LogP contribution in [0.2, 0.25) is 0 Å². The number of nitrogens with zero attached hydrogens (tertiary/aromatic N) is 2. The van der Waals surface area contributed by atoms with Gasteiger partial charge in [-0.2, -0.15) is 4.98 Å². The van der Waals surface area contributed by atoms with E-state index in [9.17, 15) is 30.0 Å². The monoisotopic (exact) mass is 393 g/mol. The summed E-state index contributed by atoms with van der Waals surface area (Å²) >= 11 is 5.54. The van der Waals surface area contributed by atoms with Crippen LogP contribution in [0, 0.1) is 0 Å². The number of aromatic nitrogens is 2. The molecule has 1 fully saturated rings. The van der Waals surface area contributed by atoms with Crippen LogP contribution >= 0.6 is 11.6 Å². The molecule has 5 N–H and O–H groups in total. The first-order valence-electron chi connectivity index (χ1n) is 7.58. The highest BCUT2D eigenvalue weighted by molar-refractivity contribution is 6.31. The fourth-order valence-corrected chi connectivity index (χ4v) is 2.68. The molecule has 2 heterocycles. The highest BCUT2D eigenvalue weighted by Crippen LogP contribution is 2.24. The van der Waals surface area contributed by atoms with Crippen LogP contribution in [-0.4, -0.2) is 86.0 Å². The molecule has 146 valence electrons. The first-order chi connectivity index (χ1) is 12.3. The summed E-state index contributed by atoms with van der Waals surface area (Å²) < 4.78 is 11.3. The lowest BCUT2D eigenvalue weighted by Crippen LogP contribution is -2.60. The van der Waals surface area contributed by atoms with Crippen molar-refractivity contribution in [1.29, 1.82) is 0 Å². The number of aliphatic hydroxyl groups excluding tert-OH is 4. The number of hydrogen-bond donors (Lipinski definition) is 5. The van der Waals surface area contributed by atoms with Crippen LogP contribution < -0.4 is 15.6 Å². The van der Waals surface area contributed by atoms with E-state index < -0.39 is 54.5 Å². The Balaban J connectivity index is 2.46. The van der Waals surface area contributed by atoms with E-state index in [4.69, 9.17) is 21.1 Å². The molecule has 26 heavy (non-hydrogen) atoms. The van der Waals surface area contributed by atoms with Gasteiger partial charge in [0.15, 0.2) is 12.0 Å². The minimum absolute atomic E-state index is 0.131. The summed E-state index contributed by atoms with van der Waals surface area (Å²) in [6.45, 7) is -0.635. The van der Waals surface area contributed by atoms with Crippen LogP contribution in [0.25, 0.3) is 0 Å². The molecule has 1 aromatic heterocycles. The van der Waals surface area contributed by atoms with Crippen molar-refractivity contribution >= 4 is 23.2 Å². The molecule has 0 spiro atoms. The number of nitrogens with one attached hydrogen (secondary N) is 1. The van der Waals surface area contributed by atoms with Gasteiger partial charge >= 0.3 is 6.01 Å². The third kappa shape index (κ3) is 3.68. The zero-order valence-electron chi connectivity index (χ0n) is 14.0. The first-order valence-corrected chi connectivity index (χ1v) is 8.11. The standard InChI is InChI=1S/C14H20ClN3O8/c1-18-13(24)7(5(20)3-15)11(17-14(18)25-2)16-12-10(23)9(22)8(21)6(4-19)26-12/h6,8-10,12,16,19,21-23H,3-4H2,1-2H3. The van der Waals surface area contributed by atoms with Gasteiger partial charge in [-0.05, 0) is 0 Å². The van der Waals surface area contributed by atoms with Gasteiger partial charge in [-0.1, -0.05) is 0 Å². The van der Waals surface area contributed by atoms with Gasteiger partial charge in [-0.3, -0.25) is 14.2 Å². The second-order valence-corrected chi connectivity index (χ2v) is 5.90. The van der Waals surface area contributed by atoms with Crippen molar-refractivity contribution in [2.24, 2.45) is 7.05 Å².